The van der Waals surface area contributed by atoms with Gasteiger partial charge in [0.1, 0.15) is 0 Å². The number of nitrogens with zero attached hydrogens (tertiary/aromatic N) is 1. The SMILES string of the molecule is O=C(c1cccc(Cl)c1)C1CCCN(C(=O)NCCc2ccccc2)C1. The van der Waals surface area contributed by atoms with E-state index < -0.39 is 0 Å². The normalized spacial score (nSPS) is 17.0. The fraction of sp³-hybridized carbons (Fsp3) is 0.333. The highest BCUT2D eigenvalue weighted by atomic mass is 35.5. The molecule has 1 atom stereocenters. The molecule has 0 bridgehead atoms. The highest BCUT2D eigenvalue weighted by molar-refractivity contribution is 6.31. The summed E-state index contributed by atoms with van der Waals surface area (Å²) in [5.41, 5.74) is 1.81. The molecule has 1 unspecified atom stereocenters. The minimum Gasteiger partial charge on any atom is -0.338 e. The Hall–Kier alpha value is -2.33. The Morgan fingerprint density at radius 1 is 1.12 bits per heavy atom. The number of piperidine rings is 1. The number of ketones is 1. The van der Waals surface area contributed by atoms with Gasteiger partial charge in [-0.15, -0.1) is 0 Å². The van der Waals surface area contributed by atoms with Gasteiger partial charge in [0.15, 0.2) is 5.78 Å². The molecule has 1 aliphatic rings. The maximum Gasteiger partial charge on any atom is 0.317 e. The van der Waals surface area contributed by atoms with Gasteiger partial charge in [-0.3, -0.25) is 4.79 Å². The summed E-state index contributed by atoms with van der Waals surface area (Å²) in [6.07, 6.45) is 2.44. The van der Waals surface area contributed by atoms with Crippen LogP contribution in [0.3, 0.4) is 0 Å². The Bertz CT molecular complexity index is 764. The summed E-state index contributed by atoms with van der Waals surface area (Å²) in [6.45, 7) is 1.74. The van der Waals surface area contributed by atoms with Crippen LogP contribution in [0.5, 0.6) is 0 Å². The average Bonchev–Trinajstić information content (AvgIpc) is 2.68. The molecule has 3 rings (SSSR count). The van der Waals surface area contributed by atoms with Crippen LogP contribution in [0, 0.1) is 5.92 Å². The number of amides is 2. The molecule has 1 heterocycles. The van der Waals surface area contributed by atoms with E-state index in [1.165, 1.54) is 5.56 Å². The molecule has 1 N–H and O–H groups in total. The second kappa shape index (κ2) is 8.86. The molecule has 1 aliphatic heterocycles. The molecule has 0 aliphatic carbocycles. The third-order valence-corrected chi connectivity index (χ3v) is 4.96. The molecule has 0 spiro atoms. The number of carbonyl (C=O) groups is 2. The van der Waals surface area contributed by atoms with Crippen LogP contribution in [0.4, 0.5) is 4.79 Å². The lowest BCUT2D eigenvalue weighted by atomic mass is 9.90. The van der Waals surface area contributed by atoms with E-state index in [-0.39, 0.29) is 17.7 Å². The van der Waals surface area contributed by atoms with Gasteiger partial charge in [0.05, 0.1) is 0 Å². The second-order valence-electron chi connectivity index (χ2n) is 6.63. The maximum absolute atomic E-state index is 12.7. The zero-order valence-electron chi connectivity index (χ0n) is 14.7. The summed E-state index contributed by atoms with van der Waals surface area (Å²) in [4.78, 5) is 26.9. The first kappa shape index (κ1) is 18.5. The standard InChI is InChI=1S/C21H23ClN2O2/c22-19-10-4-8-17(14-19)20(25)18-9-5-13-24(15-18)21(26)23-12-11-16-6-2-1-3-7-16/h1-4,6-8,10,14,18H,5,9,11-13,15H2,(H,23,26). The van der Waals surface area contributed by atoms with E-state index in [2.05, 4.69) is 5.32 Å². The quantitative estimate of drug-likeness (QED) is 0.802. The third-order valence-electron chi connectivity index (χ3n) is 4.72. The molecule has 0 aromatic heterocycles. The van der Waals surface area contributed by atoms with Gasteiger partial charge >= 0.3 is 6.03 Å². The lowest BCUT2D eigenvalue weighted by Gasteiger charge is -2.32. The number of benzene rings is 2. The molecule has 1 fully saturated rings. The first-order chi connectivity index (χ1) is 12.6. The summed E-state index contributed by atoms with van der Waals surface area (Å²) < 4.78 is 0. The number of Topliss-reactive ketones (excluding diaryl/α,β-unsaturated/α-hetero) is 1. The van der Waals surface area contributed by atoms with Gasteiger partial charge in [-0.1, -0.05) is 54.1 Å². The molecular weight excluding hydrogens is 348 g/mol. The van der Waals surface area contributed by atoms with Crippen LogP contribution in [0.15, 0.2) is 54.6 Å². The molecule has 0 saturated carbocycles. The van der Waals surface area contributed by atoms with Crippen molar-refractivity contribution < 1.29 is 9.59 Å². The van der Waals surface area contributed by atoms with Crippen LogP contribution < -0.4 is 5.32 Å². The summed E-state index contributed by atoms with van der Waals surface area (Å²) in [7, 11) is 0. The first-order valence-corrected chi connectivity index (χ1v) is 9.38. The summed E-state index contributed by atoms with van der Waals surface area (Å²) in [5.74, 6) is -0.101. The molecular formula is C21H23ClN2O2. The maximum atomic E-state index is 12.7. The van der Waals surface area contributed by atoms with Gasteiger partial charge in [-0.25, -0.2) is 4.79 Å². The molecule has 26 heavy (non-hydrogen) atoms. The Labute approximate surface area is 159 Å². The van der Waals surface area contributed by atoms with E-state index in [9.17, 15) is 9.59 Å². The first-order valence-electron chi connectivity index (χ1n) is 9.00. The van der Waals surface area contributed by atoms with Crippen molar-refractivity contribution in [1.82, 2.24) is 10.2 Å². The number of urea groups is 1. The van der Waals surface area contributed by atoms with Crippen molar-refractivity contribution in [3.63, 3.8) is 0 Å². The van der Waals surface area contributed by atoms with Crippen molar-refractivity contribution in [3.05, 3.63) is 70.7 Å². The van der Waals surface area contributed by atoms with Crippen molar-refractivity contribution in [1.29, 1.82) is 0 Å². The molecule has 4 nitrogen and oxygen atoms in total. The van der Waals surface area contributed by atoms with Gasteiger partial charge in [0.2, 0.25) is 0 Å². The van der Waals surface area contributed by atoms with E-state index in [0.717, 1.165) is 19.3 Å². The molecule has 136 valence electrons. The number of hydrogen-bond donors (Lipinski definition) is 1. The third kappa shape index (κ3) is 4.85. The van der Waals surface area contributed by atoms with E-state index in [0.29, 0.717) is 30.2 Å². The van der Waals surface area contributed by atoms with E-state index in [4.69, 9.17) is 11.6 Å². The molecule has 0 radical (unpaired) electrons. The van der Waals surface area contributed by atoms with Crippen molar-refractivity contribution in [2.75, 3.05) is 19.6 Å². The molecule has 1 saturated heterocycles. The Kier molecular flexibility index (Phi) is 6.29. The topological polar surface area (TPSA) is 49.4 Å². The van der Waals surface area contributed by atoms with Crippen molar-refractivity contribution in [2.24, 2.45) is 5.92 Å². The van der Waals surface area contributed by atoms with Crippen molar-refractivity contribution in [2.45, 2.75) is 19.3 Å². The summed E-state index contributed by atoms with van der Waals surface area (Å²) in [6, 6.07) is 17.0. The largest absolute Gasteiger partial charge is 0.338 e. The van der Waals surface area contributed by atoms with Crippen LogP contribution in [0.2, 0.25) is 5.02 Å². The highest BCUT2D eigenvalue weighted by Crippen LogP contribution is 2.22. The molecule has 5 heteroatoms. The van der Waals surface area contributed by atoms with Gasteiger partial charge in [-0.05, 0) is 37.0 Å². The highest BCUT2D eigenvalue weighted by Gasteiger charge is 2.28. The van der Waals surface area contributed by atoms with Crippen LogP contribution in [0.25, 0.3) is 0 Å². The number of likely N-dealkylation sites (tertiary alicyclic amines) is 1. The summed E-state index contributed by atoms with van der Waals surface area (Å²) in [5, 5.41) is 3.52. The molecule has 2 amide bonds. The van der Waals surface area contributed by atoms with E-state index >= 15 is 0 Å². The van der Waals surface area contributed by atoms with Crippen LogP contribution in [-0.4, -0.2) is 36.3 Å². The predicted molar refractivity (Wildman–Crippen MR) is 104 cm³/mol. The Balaban J connectivity index is 1.52. The average molecular weight is 371 g/mol. The van der Waals surface area contributed by atoms with E-state index in [1.54, 1.807) is 29.2 Å². The number of carbonyl (C=O) groups excluding carboxylic acids is 2. The minimum absolute atomic E-state index is 0.0642. The van der Waals surface area contributed by atoms with Crippen molar-refractivity contribution >= 4 is 23.4 Å². The van der Waals surface area contributed by atoms with Gasteiger partial charge in [0, 0.05) is 36.1 Å². The zero-order valence-corrected chi connectivity index (χ0v) is 15.4. The van der Waals surface area contributed by atoms with Gasteiger partial charge < -0.3 is 10.2 Å². The number of nitrogens with one attached hydrogen (secondary N) is 1. The van der Waals surface area contributed by atoms with Gasteiger partial charge in [-0.2, -0.15) is 0 Å². The van der Waals surface area contributed by atoms with Crippen LogP contribution in [-0.2, 0) is 6.42 Å². The molecule has 2 aromatic carbocycles. The van der Waals surface area contributed by atoms with Crippen LogP contribution >= 0.6 is 11.6 Å². The predicted octanol–water partition coefficient (Wildman–Crippen LogP) is 4.19. The summed E-state index contributed by atoms with van der Waals surface area (Å²) >= 11 is 5.99. The number of rotatable bonds is 5. The fourth-order valence-corrected chi connectivity index (χ4v) is 3.51. The van der Waals surface area contributed by atoms with Crippen LogP contribution in [0.1, 0.15) is 28.8 Å². The fourth-order valence-electron chi connectivity index (χ4n) is 3.32. The minimum atomic E-state index is -0.165. The van der Waals surface area contributed by atoms with E-state index in [1.807, 2.05) is 30.3 Å². The van der Waals surface area contributed by atoms with Gasteiger partial charge in [0.25, 0.3) is 0 Å². The number of hydrogen-bond acceptors (Lipinski definition) is 2. The van der Waals surface area contributed by atoms with Crippen molar-refractivity contribution in [3.8, 4) is 0 Å². The second-order valence-corrected chi connectivity index (χ2v) is 7.06. The number of halogens is 1. The lowest BCUT2D eigenvalue weighted by Crippen LogP contribution is -2.47. The molecule has 2 aromatic rings. The monoisotopic (exact) mass is 370 g/mol. The zero-order chi connectivity index (χ0) is 18.4. The smallest absolute Gasteiger partial charge is 0.317 e. The Morgan fingerprint density at radius 2 is 1.92 bits per heavy atom. The Morgan fingerprint density at radius 3 is 2.69 bits per heavy atom. The lowest BCUT2D eigenvalue weighted by molar-refractivity contribution is 0.0846.